The van der Waals surface area contributed by atoms with Crippen molar-refractivity contribution >= 4 is 80.9 Å². The molecule has 5 rings (SSSR count). The highest BCUT2D eigenvalue weighted by atomic mass is 32.2. The van der Waals surface area contributed by atoms with E-state index in [1.165, 1.54) is 131 Å². The van der Waals surface area contributed by atoms with Gasteiger partial charge in [-0.3, -0.25) is 31.9 Å². The fourth-order valence-corrected chi connectivity index (χ4v) is 14.5. The molecule has 0 amide bonds. The summed E-state index contributed by atoms with van der Waals surface area (Å²) in [4.78, 5) is 5.75. The van der Waals surface area contributed by atoms with Crippen LogP contribution in [0.25, 0.3) is 0 Å². The van der Waals surface area contributed by atoms with Crippen molar-refractivity contribution in [3.8, 4) is 0 Å². The number of rotatable bonds is 47. The number of benzene rings is 1. The lowest BCUT2D eigenvalue weighted by Crippen LogP contribution is -2.58. The average Bonchev–Trinajstić information content (AvgIpc) is 0.802. The van der Waals surface area contributed by atoms with Crippen LogP contribution in [0.2, 0.25) is 0 Å². The highest BCUT2D eigenvalue weighted by Gasteiger charge is 2.39. The first kappa shape index (κ1) is 115. The lowest BCUT2D eigenvalue weighted by atomic mass is 9.85. The Kier molecular flexibility index (Phi) is 64.8. The summed E-state index contributed by atoms with van der Waals surface area (Å²) in [6.07, 6.45) is 20.6. The smallest absolute Gasteiger partial charge is 0.267 e. The highest BCUT2D eigenvalue weighted by molar-refractivity contribution is 7.88. The number of aliphatic hydroxyl groups excluding tert-OH is 2. The molecule has 111 heavy (non-hydrogen) atoms. The molecule has 4 saturated heterocycles. The Balaban J connectivity index is -0.000000593. The van der Waals surface area contributed by atoms with Gasteiger partial charge >= 0.3 is 0 Å². The van der Waals surface area contributed by atoms with Gasteiger partial charge in [0.05, 0.1) is 92.0 Å². The maximum Gasteiger partial charge on any atom is 0.267 e. The number of likely N-dealkylation sites (N-methyl/N-ethyl adjacent to an activating group) is 1. The van der Waals surface area contributed by atoms with Gasteiger partial charge in [0.25, 0.3) is 70.8 Å². The van der Waals surface area contributed by atoms with Crippen LogP contribution in [0.5, 0.6) is 0 Å². The molecular weight excluding hydrogens is 1610 g/mol. The zero-order valence-electron chi connectivity index (χ0n) is 68.6. The molecule has 0 radical (unpaired) electrons. The maximum atomic E-state index is 10.8. The number of quaternary nitrogens is 1. The van der Waals surface area contributed by atoms with Crippen molar-refractivity contribution in [2.45, 2.75) is 254 Å². The summed E-state index contributed by atoms with van der Waals surface area (Å²) >= 11 is 0. The molecule has 1 aromatic carbocycles. The summed E-state index contributed by atoms with van der Waals surface area (Å²) in [6.45, 7) is 28.4. The van der Waals surface area contributed by atoms with E-state index in [4.69, 9.17) is 42.1 Å². The van der Waals surface area contributed by atoms with Crippen LogP contribution in [0.4, 0.5) is 0 Å². The van der Waals surface area contributed by atoms with Gasteiger partial charge < -0.3 is 55.2 Å². The molecule has 1 aromatic rings. The molecule has 4 aliphatic rings. The third-order valence-electron chi connectivity index (χ3n) is 18.8. The molecule has 42 heteroatoms. The molecule has 4 aliphatic heterocycles. The molecule has 13 N–H and O–H groups in total. The zero-order valence-corrected chi connectivity index (χ0v) is 75.1. The van der Waals surface area contributed by atoms with E-state index in [1.807, 2.05) is 63.2 Å². The second kappa shape index (κ2) is 62.3. The quantitative estimate of drug-likeness (QED) is 0.0208. The number of piperidine rings is 4. The topological polar surface area (TPSA) is 536 Å². The van der Waals surface area contributed by atoms with E-state index in [-0.39, 0.29) is 24.9 Å². The molecule has 0 saturated carbocycles. The SMILES string of the molecule is CC(CCN(C)C)S(=O)(=O)O.CC(CCN1CCCCC1)S(=O)(=O)O.CC(CCNCc1ccccc1)S(=O)(=O)O.CCCC(CO)NCCC(C)S(=O)(=O)O.CCCCCCCCCNCCC(C)S(=O)(=O)O.CCNCCC(C)S(=O)(=O)O.CN(C)CC(O)CS(=O)(=O)[O-].O=S(=O)(O)CCC[N+]12CCC(CC1)CC2. The van der Waals surface area contributed by atoms with Crippen LogP contribution in [0, 0.1) is 5.92 Å². The Hall–Kier alpha value is -1.90. The van der Waals surface area contributed by atoms with Gasteiger partial charge in [0.15, 0.2) is 0 Å². The Bertz CT molecular complexity index is 3420. The number of hydrogen-bond donors (Lipinski definition) is 13. The molecule has 0 aromatic heterocycles. The van der Waals surface area contributed by atoms with Gasteiger partial charge in [-0.15, -0.1) is 0 Å². The minimum Gasteiger partial charge on any atom is -0.748 e. The third kappa shape index (κ3) is 71.9. The van der Waals surface area contributed by atoms with Crippen molar-refractivity contribution in [1.29, 1.82) is 0 Å². The normalized spacial score (nSPS) is 18.5. The summed E-state index contributed by atoms with van der Waals surface area (Å²) in [6, 6.07) is 9.88. The minimum absolute atomic E-state index is 0.0172. The number of nitrogens with one attached hydrogen (secondary N) is 4. The van der Waals surface area contributed by atoms with Crippen LogP contribution in [-0.4, -0.2) is 321 Å². The lowest BCUT2D eigenvalue weighted by Gasteiger charge is -2.49. The predicted molar refractivity (Wildman–Crippen MR) is 441 cm³/mol. The van der Waals surface area contributed by atoms with Crippen molar-refractivity contribution in [3.05, 3.63) is 35.9 Å². The monoisotopic (exact) mass is 1760 g/mol. The fraction of sp³-hybridized carbons (Fsp3) is 0.913. The Morgan fingerprint density at radius 3 is 1.31 bits per heavy atom. The number of nitrogens with zero attached hydrogens (tertiary/aromatic N) is 4. The van der Waals surface area contributed by atoms with E-state index < -0.39 is 124 Å². The average molecular weight is 1760 g/mol. The molecule has 34 nitrogen and oxygen atoms in total. The molecule has 4 heterocycles. The lowest BCUT2D eigenvalue weighted by molar-refractivity contribution is -0.942. The zero-order chi connectivity index (χ0) is 86.4. The second-order valence-corrected chi connectivity index (χ2v) is 43.7. The van der Waals surface area contributed by atoms with E-state index in [9.17, 15) is 71.9 Å². The summed E-state index contributed by atoms with van der Waals surface area (Å²) in [5.74, 6) is 0.147. The van der Waals surface area contributed by atoms with E-state index in [0.717, 1.165) is 74.5 Å². The van der Waals surface area contributed by atoms with Crippen LogP contribution in [0.3, 0.4) is 0 Å². The first-order valence-electron chi connectivity index (χ1n) is 38.7. The van der Waals surface area contributed by atoms with E-state index >= 15 is 0 Å². The molecule has 2 bridgehead atoms. The number of aliphatic hydroxyl groups is 2. The maximum absolute atomic E-state index is 10.8. The summed E-state index contributed by atoms with van der Waals surface area (Å²) in [7, 11) is -24.1. The molecule has 0 spiro atoms. The van der Waals surface area contributed by atoms with Gasteiger partial charge in [0.1, 0.15) is 0 Å². The summed E-state index contributed by atoms with van der Waals surface area (Å²) in [5.41, 5.74) is 1.15. The Morgan fingerprint density at radius 2 is 0.910 bits per heavy atom. The van der Waals surface area contributed by atoms with Crippen LogP contribution >= 0.6 is 0 Å². The van der Waals surface area contributed by atoms with E-state index in [0.29, 0.717) is 84.2 Å². The predicted octanol–water partition coefficient (Wildman–Crippen LogP) is 5.80. The number of likely N-dealkylation sites (tertiary alicyclic amines) is 1. The van der Waals surface area contributed by atoms with Gasteiger partial charge in [-0.1, -0.05) is 102 Å². The van der Waals surface area contributed by atoms with Crippen molar-refractivity contribution < 1.29 is 118 Å². The first-order valence-corrected chi connectivity index (χ1v) is 50.9. The van der Waals surface area contributed by atoms with Crippen LogP contribution in [0.15, 0.2) is 30.3 Å². The van der Waals surface area contributed by atoms with Crippen LogP contribution in [0.1, 0.15) is 209 Å². The van der Waals surface area contributed by atoms with Crippen LogP contribution in [-0.2, 0) is 87.5 Å². The highest BCUT2D eigenvalue weighted by Crippen LogP contribution is 2.33. The Morgan fingerprint density at radius 1 is 0.495 bits per heavy atom. The summed E-state index contributed by atoms with van der Waals surface area (Å²) in [5, 5.41) is 26.2. The van der Waals surface area contributed by atoms with Gasteiger partial charge in [0, 0.05) is 25.6 Å². The van der Waals surface area contributed by atoms with Crippen molar-refractivity contribution in [2.24, 2.45) is 5.92 Å². The molecule has 8 unspecified atom stereocenters. The fourth-order valence-electron chi connectivity index (χ4n) is 11.0. The number of unbranched alkanes of at least 4 members (excludes halogenated alkanes) is 6. The number of fused-ring (bicyclic) bond motifs is 3. The minimum atomic E-state index is -4.30. The van der Waals surface area contributed by atoms with Crippen molar-refractivity contribution in [2.75, 3.05) is 144 Å². The molecule has 4 fully saturated rings. The summed E-state index contributed by atoms with van der Waals surface area (Å²) < 4.78 is 241. The van der Waals surface area contributed by atoms with Gasteiger partial charge in [-0.05, 0) is 230 Å². The third-order valence-corrected chi connectivity index (χ3v) is 27.9. The standard InChI is InChI=1S/C13H29NO3S.C11H17NO3S.C10H19NO3S.C9H21NO4S.C9H19NO3S.2C6H15NO3S.C5H13NO4S/c1-3-4-5-6-7-8-9-11-14-12-10-13(2)18(15,16)17;1-10(16(13,14)15)7-8-12-9-11-5-3-2-4-6-11;12-15(13,14)9-1-5-11-6-2-10(3-7-11)4-8-11;1-3-4-9(7-11)10-6-5-8(2)15(12,13)14;1-9(14(11,12)13)5-8-10-6-3-2-4-7-10;1-6(11(8,9)10)4-5-7(2)3;1-3-7-5-4-6(2)11(8,9)10;1-6(2)3-5(7)4-11(8,9)10/h13-14H,3-12H2,1-2H3,(H,15,16,17);2-6,10,12H,7-9H2,1H3,(H,13,14,15);10H,1-9H2;8-11H,3-7H2,1-2H3,(H,12,13,14);9H,2-8H2,1H3,(H,11,12,13);6H,4-5H2,1-3H3,(H,8,9,10);6-7H,3-5H2,1-2H3,(H,8,9,10);5,7H,3-4H2,1-2H3,(H,8,9,10). The van der Waals surface area contributed by atoms with Gasteiger partial charge in [-0.25, -0.2) is 8.42 Å². The molecule has 8 atom stereocenters. The largest absolute Gasteiger partial charge is 0.748 e. The van der Waals surface area contributed by atoms with Crippen molar-refractivity contribution in [1.82, 2.24) is 36.0 Å². The molecule has 0 aliphatic carbocycles. The van der Waals surface area contributed by atoms with E-state index in [1.54, 1.807) is 25.9 Å². The second-order valence-electron chi connectivity index (χ2n) is 29.6. The number of hydrogen-bond acceptors (Lipinski definition) is 26. The molecule has 668 valence electrons. The molecular formula is C69H148N8O26S8. The van der Waals surface area contributed by atoms with Crippen LogP contribution < -0.4 is 21.3 Å². The Labute approximate surface area is 671 Å². The van der Waals surface area contributed by atoms with Gasteiger partial charge in [0.2, 0.25) is 0 Å². The van der Waals surface area contributed by atoms with E-state index in [2.05, 4.69) is 33.1 Å². The van der Waals surface area contributed by atoms with Crippen molar-refractivity contribution in [3.63, 3.8) is 0 Å². The first-order chi connectivity index (χ1) is 51.0. The van der Waals surface area contributed by atoms with Gasteiger partial charge in [-0.2, -0.15) is 58.9 Å².